The highest BCUT2D eigenvalue weighted by atomic mass is 32.2. The lowest BCUT2D eigenvalue weighted by molar-refractivity contribution is 0.0948. The first kappa shape index (κ1) is 20.9. The number of sulfonamides is 1. The summed E-state index contributed by atoms with van der Waals surface area (Å²) in [5.74, 6) is 0.364. The predicted octanol–water partition coefficient (Wildman–Crippen LogP) is 3.37. The Bertz CT molecular complexity index is 960. The number of nitrogens with one attached hydrogen (secondary N) is 1. The molecule has 0 unspecified atom stereocenters. The summed E-state index contributed by atoms with van der Waals surface area (Å²) in [4.78, 5) is 15.4. The van der Waals surface area contributed by atoms with Crippen molar-refractivity contribution in [3.05, 3.63) is 47.9 Å². The quantitative estimate of drug-likeness (QED) is 0.758. The lowest BCUT2D eigenvalue weighted by Crippen LogP contribution is -2.36. The molecule has 2 saturated heterocycles. The van der Waals surface area contributed by atoms with Crippen LogP contribution in [0, 0.1) is 0 Å². The number of carbonyl (C=O) groups excluding carboxylic acids is 1. The number of furan rings is 1. The van der Waals surface area contributed by atoms with Crippen LogP contribution < -0.4 is 10.2 Å². The van der Waals surface area contributed by atoms with Gasteiger partial charge in [-0.05, 0) is 62.4 Å². The van der Waals surface area contributed by atoms with Gasteiger partial charge in [-0.1, -0.05) is 6.42 Å². The van der Waals surface area contributed by atoms with Gasteiger partial charge in [0, 0.05) is 31.9 Å². The van der Waals surface area contributed by atoms with E-state index < -0.39 is 10.0 Å². The van der Waals surface area contributed by atoms with Gasteiger partial charge in [-0.2, -0.15) is 4.31 Å². The van der Waals surface area contributed by atoms with Gasteiger partial charge in [0.05, 0.1) is 23.3 Å². The van der Waals surface area contributed by atoms with E-state index in [4.69, 9.17) is 4.42 Å². The third-order valence-corrected chi connectivity index (χ3v) is 7.76. The number of piperidine rings is 2. The molecule has 2 aromatic rings. The van der Waals surface area contributed by atoms with Crippen molar-refractivity contribution in [3.63, 3.8) is 0 Å². The van der Waals surface area contributed by atoms with Crippen LogP contribution >= 0.6 is 0 Å². The first-order valence-corrected chi connectivity index (χ1v) is 12.2. The third kappa shape index (κ3) is 4.54. The highest BCUT2D eigenvalue weighted by Gasteiger charge is 2.28. The molecule has 2 fully saturated rings. The maximum atomic E-state index is 13.2. The molecule has 1 aromatic heterocycles. The maximum Gasteiger partial charge on any atom is 0.253 e. The van der Waals surface area contributed by atoms with Crippen LogP contribution in [-0.2, 0) is 16.6 Å². The Balaban J connectivity index is 1.64. The third-order valence-electron chi connectivity index (χ3n) is 5.87. The molecule has 0 saturated carbocycles. The second-order valence-corrected chi connectivity index (χ2v) is 9.89. The number of hydrogen-bond acceptors (Lipinski definition) is 5. The molecule has 4 rings (SSSR count). The first-order chi connectivity index (χ1) is 14.6. The summed E-state index contributed by atoms with van der Waals surface area (Å²) in [5, 5.41) is 2.87. The predicted molar refractivity (Wildman–Crippen MR) is 115 cm³/mol. The number of benzene rings is 1. The normalized spacial score (nSPS) is 18.3. The van der Waals surface area contributed by atoms with Gasteiger partial charge in [0.2, 0.25) is 10.0 Å². The minimum absolute atomic E-state index is 0.188. The van der Waals surface area contributed by atoms with E-state index >= 15 is 0 Å². The Hall–Kier alpha value is -2.32. The molecule has 3 heterocycles. The zero-order valence-corrected chi connectivity index (χ0v) is 18.0. The second kappa shape index (κ2) is 9.22. The standard InChI is InChI=1S/C22H29N3O4S/c26-22(23-17-18-8-7-15-29-18)20-16-19(30(27,28)25-13-5-2-6-14-25)9-10-21(20)24-11-3-1-4-12-24/h7-10,15-16H,1-6,11-14,17H2,(H,23,26). The Kier molecular flexibility index (Phi) is 6.43. The van der Waals surface area contributed by atoms with Crippen LogP contribution in [0.3, 0.4) is 0 Å². The van der Waals surface area contributed by atoms with Crippen LogP contribution in [0.5, 0.6) is 0 Å². The molecule has 8 heteroatoms. The molecule has 0 bridgehead atoms. The van der Waals surface area contributed by atoms with E-state index in [1.807, 2.05) is 0 Å². The van der Waals surface area contributed by atoms with Gasteiger partial charge in [0.25, 0.3) is 5.91 Å². The minimum Gasteiger partial charge on any atom is -0.467 e. The summed E-state index contributed by atoms with van der Waals surface area (Å²) < 4.78 is 33.2. The van der Waals surface area contributed by atoms with Crippen LogP contribution in [0.4, 0.5) is 5.69 Å². The van der Waals surface area contributed by atoms with Crippen molar-refractivity contribution in [3.8, 4) is 0 Å². The van der Waals surface area contributed by atoms with E-state index in [0.717, 1.165) is 50.9 Å². The van der Waals surface area contributed by atoms with Crippen LogP contribution in [-0.4, -0.2) is 44.8 Å². The van der Waals surface area contributed by atoms with E-state index in [9.17, 15) is 13.2 Å². The molecule has 0 radical (unpaired) electrons. The fourth-order valence-corrected chi connectivity index (χ4v) is 5.74. The average molecular weight is 432 g/mol. The van der Waals surface area contributed by atoms with Crippen LogP contribution in [0.15, 0.2) is 45.9 Å². The van der Waals surface area contributed by atoms with E-state index in [1.54, 1.807) is 36.6 Å². The minimum atomic E-state index is -3.61. The monoisotopic (exact) mass is 431 g/mol. The number of rotatable bonds is 6. The van der Waals surface area contributed by atoms with Crippen molar-refractivity contribution in [2.24, 2.45) is 0 Å². The lowest BCUT2D eigenvalue weighted by Gasteiger charge is -2.31. The first-order valence-electron chi connectivity index (χ1n) is 10.8. The Morgan fingerprint density at radius 2 is 1.67 bits per heavy atom. The molecule has 30 heavy (non-hydrogen) atoms. The molecule has 2 aliphatic heterocycles. The van der Waals surface area contributed by atoms with Crippen molar-refractivity contribution in [1.29, 1.82) is 0 Å². The molecule has 1 N–H and O–H groups in total. The Labute approximate surface area is 178 Å². The summed E-state index contributed by atoms with van der Waals surface area (Å²) in [7, 11) is -3.61. The van der Waals surface area contributed by atoms with E-state index in [-0.39, 0.29) is 17.3 Å². The van der Waals surface area contributed by atoms with Gasteiger partial charge in [-0.25, -0.2) is 8.42 Å². The Morgan fingerprint density at radius 1 is 0.967 bits per heavy atom. The van der Waals surface area contributed by atoms with Gasteiger partial charge >= 0.3 is 0 Å². The zero-order chi connectivity index (χ0) is 21.0. The molecule has 0 aliphatic carbocycles. The van der Waals surface area contributed by atoms with Crippen molar-refractivity contribution in [2.75, 3.05) is 31.1 Å². The number of hydrogen-bond donors (Lipinski definition) is 1. The average Bonchev–Trinajstić information content (AvgIpc) is 3.32. The topological polar surface area (TPSA) is 82.9 Å². The molecular formula is C22H29N3O4S. The number of carbonyl (C=O) groups is 1. The fraction of sp³-hybridized carbons (Fsp3) is 0.500. The molecule has 1 amide bonds. The largest absolute Gasteiger partial charge is 0.467 e. The molecule has 162 valence electrons. The Morgan fingerprint density at radius 3 is 2.33 bits per heavy atom. The summed E-state index contributed by atoms with van der Waals surface area (Å²) in [6.07, 6.45) is 7.69. The molecule has 2 aliphatic rings. The van der Waals surface area contributed by atoms with E-state index in [0.29, 0.717) is 24.4 Å². The SMILES string of the molecule is O=C(NCc1ccco1)c1cc(S(=O)(=O)N2CCCCC2)ccc1N1CCCCC1. The van der Waals surface area contributed by atoms with E-state index in [2.05, 4.69) is 10.2 Å². The molecule has 7 nitrogen and oxygen atoms in total. The van der Waals surface area contributed by atoms with Gasteiger partial charge in [-0.3, -0.25) is 4.79 Å². The fourth-order valence-electron chi connectivity index (χ4n) is 4.20. The van der Waals surface area contributed by atoms with Crippen LogP contribution in [0.2, 0.25) is 0 Å². The second-order valence-electron chi connectivity index (χ2n) is 7.95. The smallest absolute Gasteiger partial charge is 0.253 e. The van der Waals surface area contributed by atoms with Gasteiger partial charge in [-0.15, -0.1) is 0 Å². The summed E-state index contributed by atoms with van der Waals surface area (Å²) >= 11 is 0. The van der Waals surface area contributed by atoms with E-state index in [1.165, 1.54) is 10.7 Å². The zero-order valence-electron chi connectivity index (χ0n) is 17.2. The van der Waals surface area contributed by atoms with Crippen LogP contribution in [0.25, 0.3) is 0 Å². The molecule has 0 atom stereocenters. The van der Waals surface area contributed by atoms with Crippen LogP contribution in [0.1, 0.15) is 54.6 Å². The maximum absolute atomic E-state index is 13.2. The number of nitrogens with zero attached hydrogens (tertiary/aromatic N) is 2. The molecule has 1 aromatic carbocycles. The summed E-state index contributed by atoms with van der Waals surface area (Å²) in [6.45, 7) is 3.08. The molecule has 0 spiro atoms. The molecular weight excluding hydrogens is 402 g/mol. The van der Waals surface area contributed by atoms with Gasteiger partial charge in [0.15, 0.2) is 0 Å². The number of amides is 1. The van der Waals surface area contributed by atoms with Gasteiger partial charge < -0.3 is 14.6 Å². The highest BCUT2D eigenvalue weighted by molar-refractivity contribution is 7.89. The van der Waals surface area contributed by atoms with Gasteiger partial charge in [0.1, 0.15) is 5.76 Å². The summed E-state index contributed by atoms with van der Waals surface area (Å²) in [5.41, 5.74) is 1.20. The summed E-state index contributed by atoms with van der Waals surface area (Å²) in [6, 6.07) is 8.56. The van der Waals surface area contributed by atoms with Crippen molar-refractivity contribution < 1.29 is 17.6 Å². The van der Waals surface area contributed by atoms with Crippen molar-refractivity contribution >= 4 is 21.6 Å². The highest BCUT2D eigenvalue weighted by Crippen LogP contribution is 2.29. The lowest BCUT2D eigenvalue weighted by atomic mass is 10.1. The van der Waals surface area contributed by atoms with Crippen molar-refractivity contribution in [1.82, 2.24) is 9.62 Å². The van der Waals surface area contributed by atoms with Crippen molar-refractivity contribution in [2.45, 2.75) is 50.0 Å². The number of anilines is 1.